The Hall–Kier alpha value is -3.15. The summed E-state index contributed by atoms with van der Waals surface area (Å²) in [6.45, 7) is 4.23. The van der Waals surface area contributed by atoms with Crippen molar-refractivity contribution in [3.05, 3.63) is 70.8 Å². The lowest BCUT2D eigenvalue weighted by Gasteiger charge is -2.32. The lowest BCUT2D eigenvalue weighted by Crippen LogP contribution is -2.41. The molecule has 31 heavy (non-hydrogen) atoms. The number of nitrogens with zero attached hydrogens (tertiary/aromatic N) is 3. The van der Waals surface area contributed by atoms with Gasteiger partial charge in [0.2, 0.25) is 5.91 Å². The third-order valence-corrected chi connectivity index (χ3v) is 6.08. The monoisotopic (exact) mass is 419 g/mol. The summed E-state index contributed by atoms with van der Waals surface area (Å²) < 4.78 is 6.92. The highest BCUT2D eigenvalue weighted by atomic mass is 16.5. The van der Waals surface area contributed by atoms with Gasteiger partial charge in [0.05, 0.1) is 23.8 Å². The van der Waals surface area contributed by atoms with Gasteiger partial charge in [-0.05, 0) is 68.4 Å². The zero-order valence-electron chi connectivity index (χ0n) is 18.0. The lowest BCUT2D eigenvalue weighted by molar-refractivity contribution is -0.133. The Bertz CT molecular complexity index is 1080. The second kappa shape index (κ2) is 9.77. The van der Waals surface area contributed by atoms with Crippen molar-refractivity contribution in [3.63, 3.8) is 0 Å². The zero-order valence-corrected chi connectivity index (χ0v) is 18.0. The molecule has 162 valence electrons. The molecule has 0 radical (unpaired) electrons. The molecule has 1 aliphatic rings. The first-order valence-electron chi connectivity index (χ1n) is 11.1. The highest BCUT2D eigenvalue weighted by Crippen LogP contribution is 2.23. The van der Waals surface area contributed by atoms with E-state index < -0.39 is 0 Å². The van der Waals surface area contributed by atoms with Gasteiger partial charge in [-0.25, -0.2) is 4.98 Å². The Morgan fingerprint density at radius 3 is 2.58 bits per heavy atom. The normalized spacial score (nSPS) is 14.7. The molecule has 6 nitrogen and oxygen atoms in total. The van der Waals surface area contributed by atoms with Crippen molar-refractivity contribution in [2.45, 2.75) is 39.2 Å². The number of hydrogen-bond acceptors (Lipinski definition) is 4. The topological polar surface area (TPSA) is 64.4 Å². The van der Waals surface area contributed by atoms with E-state index in [4.69, 9.17) is 4.74 Å². The molecular formula is C25H29N3O3. The molecule has 0 bridgehead atoms. The van der Waals surface area contributed by atoms with Crippen LogP contribution in [0.5, 0.6) is 5.75 Å². The van der Waals surface area contributed by atoms with Crippen LogP contribution in [-0.4, -0.2) is 40.1 Å². The number of benzene rings is 2. The van der Waals surface area contributed by atoms with Crippen molar-refractivity contribution in [2.75, 3.05) is 19.7 Å². The Morgan fingerprint density at radius 2 is 1.84 bits per heavy atom. The Balaban J connectivity index is 1.27. The number of fused-ring (bicyclic) bond motifs is 1. The molecule has 1 aromatic heterocycles. The number of amides is 1. The second-order valence-electron chi connectivity index (χ2n) is 8.13. The van der Waals surface area contributed by atoms with E-state index in [9.17, 15) is 9.59 Å². The fraction of sp³-hybridized carbons (Fsp3) is 0.400. The van der Waals surface area contributed by atoms with E-state index in [1.54, 1.807) is 12.1 Å². The summed E-state index contributed by atoms with van der Waals surface area (Å²) in [7, 11) is 0. The minimum atomic E-state index is -0.163. The average molecular weight is 420 g/mol. The van der Waals surface area contributed by atoms with Crippen LogP contribution in [0.25, 0.3) is 10.9 Å². The first kappa shape index (κ1) is 21.1. The Labute approximate surface area is 182 Å². The molecule has 1 amide bonds. The summed E-state index contributed by atoms with van der Waals surface area (Å²) in [5.41, 5.74) is 1.82. The fourth-order valence-electron chi connectivity index (χ4n) is 4.23. The number of aromatic nitrogens is 2. The number of carbonyl (C=O) groups is 1. The molecule has 4 rings (SSSR count). The van der Waals surface area contributed by atoms with Gasteiger partial charge in [-0.2, -0.15) is 0 Å². The molecule has 3 aromatic rings. The van der Waals surface area contributed by atoms with Crippen LogP contribution in [0.1, 0.15) is 31.7 Å². The molecule has 0 aliphatic carbocycles. The number of likely N-dealkylation sites (tertiary alicyclic amines) is 1. The quantitative estimate of drug-likeness (QED) is 0.586. The molecule has 0 spiro atoms. The van der Waals surface area contributed by atoms with Crippen molar-refractivity contribution >= 4 is 16.8 Å². The van der Waals surface area contributed by atoms with Crippen LogP contribution in [-0.2, 0) is 17.8 Å². The predicted molar refractivity (Wildman–Crippen MR) is 121 cm³/mol. The van der Waals surface area contributed by atoms with Crippen LogP contribution in [0.15, 0.2) is 59.7 Å². The van der Waals surface area contributed by atoms with Crippen molar-refractivity contribution in [1.29, 1.82) is 0 Å². The van der Waals surface area contributed by atoms with Gasteiger partial charge in [0.25, 0.3) is 5.56 Å². The molecule has 0 saturated carbocycles. The van der Waals surface area contributed by atoms with Gasteiger partial charge in [-0.15, -0.1) is 0 Å². The number of piperidine rings is 1. The third-order valence-electron chi connectivity index (χ3n) is 6.08. The zero-order chi connectivity index (χ0) is 21.6. The maximum Gasteiger partial charge on any atom is 0.261 e. The molecule has 0 atom stereocenters. The van der Waals surface area contributed by atoms with Crippen LogP contribution in [0.3, 0.4) is 0 Å². The number of ether oxygens (including phenoxy) is 1. The average Bonchev–Trinajstić information content (AvgIpc) is 2.81. The van der Waals surface area contributed by atoms with Gasteiger partial charge >= 0.3 is 0 Å². The molecular weight excluding hydrogens is 390 g/mol. The predicted octanol–water partition coefficient (Wildman–Crippen LogP) is 3.67. The first-order valence-corrected chi connectivity index (χ1v) is 11.1. The molecule has 6 heteroatoms. The van der Waals surface area contributed by atoms with E-state index in [1.807, 2.05) is 36.1 Å². The van der Waals surface area contributed by atoms with Crippen molar-refractivity contribution in [2.24, 2.45) is 5.92 Å². The van der Waals surface area contributed by atoms with E-state index >= 15 is 0 Å². The summed E-state index contributed by atoms with van der Waals surface area (Å²) in [5.74, 6) is 1.53. The largest absolute Gasteiger partial charge is 0.494 e. The third kappa shape index (κ3) is 5.13. The van der Waals surface area contributed by atoms with E-state index in [0.717, 1.165) is 44.5 Å². The van der Waals surface area contributed by atoms with Crippen molar-refractivity contribution < 1.29 is 9.53 Å². The highest BCUT2D eigenvalue weighted by molar-refractivity contribution is 5.79. The minimum absolute atomic E-state index is 0.0101. The Morgan fingerprint density at radius 1 is 1.10 bits per heavy atom. The molecule has 1 fully saturated rings. The summed E-state index contributed by atoms with van der Waals surface area (Å²) in [5, 5.41) is 0.547. The molecule has 1 aliphatic heterocycles. The summed E-state index contributed by atoms with van der Waals surface area (Å²) in [4.78, 5) is 31.6. The number of rotatable bonds is 7. The maximum atomic E-state index is 12.8. The molecule has 2 aromatic carbocycles. The van der Waals surface area contributed by atoms with Crippen molar-refractivity contribution in [1.82, 2.24) is 14.5 Å². The molecule has 0 N–H and O–H groups in total. The standard InChI is InChI=1S/C25H29N3O3/c1-2-31-21-11-9-19(10-12-21)7-8-20-13-15-27(16-14-20)24(29)17-28-18-26-23-6-4-3-5-22(23)25(28)30/h3-6,9-12,18,20H,2,7-8,13-17H2,1H3. The van der Waals surface area contributed by atoms with E-state index in [1.165, 1.54) is 16.5 Å². The summed E-state index contributed by atoms with van der Waals surface area (Å²) in [6.07, 6.45) is 5.67. The number of carbonyl (C=O) groups excluding carboxylic acids is 1. The maximum absolute atomic E-state index is 12.8. The molecule has 2 heterocycles. The van der Waals surface area contributed by atoms with Crippen LogP contribution in [0.4, 0.5) is 0 Å². The van der Waals surface area contributed by atoms with Gasteiger partial charge in [0.1, 0.15) is 12.3 Å². The van der Waals surface area contributed by atoms with Crippen LogP contribution >= 0.6 is 0 Å². The van der Waals surface area contributed by atoms with Crippen LogP contribution in [0, 0.1) is 5.92 Å². The first-order chi connectivity index (χ1) is 15.1. The molecule has 0 unspecified atom stereocenters. The van der Waals surface area contributed by atoms with Gasteiger partial charge in [0.15, 0.2) is 0 Å². The number of para-hydroxylation sites is 1. The van der Waals surface area contributed by atoms with Gasteiger partial charge in [-0.1, -0.05) is 24.3 Å². The smallest absolute Gasteiger partial charge is 0.261 e. The van der Waals surface area contributed by atoms with E-state index in [0.29, 0.717) is 23.4 Å². The van der Waals surface area contributed by atoms with Crippen LogP contribution < -0.4 is 10.3 Å². The highest BCUT2D eigenvalue weighted by Gasteiger charge is 2.23. The summed E-state index contributed by atoms with van der Waals surface area (Å²) in [6, 6.07) is 15.6. The second-order valence-corrected chi connectivity index (χ2v) is 8.13. The van der Waals surface area contributed by atoms with E-state index in [-0.39, 0.29) is 18.0 Å². The summed E-state index contributed by atoms with van der Waals surface area (Å²) >= 11 is 0. The van der Waals surface area contributed by atoms with Gasteiger partial charge < -0.3 is 9.64 Å². The Kier molecular flexibility index (Phi) is 6.65. The van der Waals surface area contributed by atoms with Gasteiger partial charge in [0, 0.05) is 13.1 Å². The molecule has 1 saturated heterocycles. The van der Waals surface area contributed by atoms with E-state index in [2.05, 4.69) is 17.1 Å². The number of aryl methyl sites for hydroxylation is 1. The fourth-order valence-corrected chi connectivity index (χ4v) is 4.23. The van der Waals surface area contributed by atoms with Gasteiger partial charge in [-0.3, -0.25) is 14.2 Å². The van der Waals surface area contributed by atoms with Crippen molar-refractivity contribution in [3.8, 4) is 5.75 Å². The minimum Gasteiger partial charge on any atom is -0.494 e. The SMILES string of the molecule is CCOc1ccc(CCC2CCN(C(=O)Cn3cnc4ccccc4c3=O)CC2)cc1. The van der Waals surface area contributed by atoms with Crippen LogP contribution in [0.2, 0.25) is 0 Å². The number of hydrogen-bond donors (Lipinski definition) is 0. The lowest BCUT2D eigenvalue weighted by atomic mass is 9.90.